The second kappa shape index (κ2) is 7.44. The summed E-state index contributed by atoms with van der Waals surface area (Å²) in [6, 6.07) is 9.91. The van der Waals surface area contributed by atoms with E-state index in [4.69, 9.17) is 0 Å². The molecule has 7 nitrogen and oxygen atoms in total. The van der Waals surface area contributed by atoms with Crippen LogP contribution in [0.15, 0.2) is 41.9 Å². The average Bonchev–Trinajstić information content (AvgIpc) is 3.44. The fourth-order valence-electron chi connectivity index (χ4n) is 4.30. The van der Waals surface area contributed by atoms with E-state index in [1.807, 2.05) is 46.5 Å². The highest BCUT2D eigenvalue weighted by atomic mass is 32.1. The van der Waals surface area contributed by atoms with E-state index in [-0.39, 0.29) is 5.91 Å². The molecule has 0 saturated carbocycles. The molecule has 144 valence electrons. The maximum absolute atomic E-state index is 12.7. The minimum Gasteiger partial charge on any atom is -0.345 e. The summed E-state index contributed by atoms with van der Waals surface area (Å²) < 4.78 is 2.02. The van der Waals surface area contributed by atoms with Gasteiger partial charge >= 0.3 is 0 Å². The predicted molar refractivity (Wildman–Crippen MR) is 106 cm³/mol. The first-order valence-corrected chi connectivity index (χ1v) is 10.5. The van der Waals surface area contributed by atoms with E-state index >= 15 is 0 Å². The van der Waals surface area contributed by atoms with Crippen LogP contribution < -0.4 is 5.32 Å². The summed E-state index contributed by atoms with van der Waals surface area (Å²) >= 11 is 1.71. The first-order valence-electron chi connectivity index (χ1n) is 9.61. The lowest BCUT2D eigenvalue weighted by Crippen LogP contribution is -2.32. The number of amides is 1. The van der Waals surface area contributed by atoms with E-state index in [9.17, 15) is 4.79 Å². The van der Waals surface area contributed by atoms with Gasteiger partial charge in [0.15, 0.2) is 0 Å². The molecule has 1 amide bonds. The highest BCUT2D eigenvalue weighted by Crippen LogP contribution is 2.33. The summed E-state index contributed by atoms with van der Waals surface area (Å²) in [7, 11) is 0. The average molecular weight is 395 g/mol. The molecule has 1 N–H and O–H groups in total. The maximum Gasteiger partial charge on any atom is 0.289 e. The summed E-state index contributed by atoms with van der Waals surface area (Å²) in [5.74, 6) is 2.32. The van der Waals surface area contributed by atoms with Gasteiger partial charge in [-0.15, -0.1) is 21.5 Å². The summed E-state index contributed by atoms with van der Waals surface area (Å²) in [4.78, 5) is 19.5. The third kappa shape index (κ3) is 3.45. The number of fused-ring (bicyclic) bond motifs is 2. The first-order chi connectivity index (χ1) is 13.8. The molecule has 2 aliphatic heterocycles. The standard InChI is InChI=1S/C20H22N6OS/c27-20(22-9-14-4-2-1-3-5-14)19-24-23-17-8-15-10-25(11-16(15)12-26(17)19)13-18-21-6-7-28-18/h1-7,15-16H,8-13H2,(H,22,27)/t15-,16+/m1/s1. The van der Waals surface area contributed by atoms with Crippen molar-refractivity contribution >= 4 is 17.2 Å². The van der Waals surface area contributed by atoms with Gasteiger partial charge in [-0.3, -0.25) is 9.69 Å². The lowest BCUT2D eigenvalue weighted by atomic mass is 9.89. The van der Waals surface area contributed by atoms with Crippen molar-refractivity contribution in [3.63, 3.8) is 0 Å². The van der Waals surface area contributed by atoms with Crippen molar-refractivity contribution in [3.05, 3.63) is 64.1 Å². The molecule has 0 spiro atoms. The van der Waals surface area contributed by atoms with Gasteiger partial charge in [-0.1, -0.05) is 30.3 Å². The van der Waals surface area contributed by atoms with E-state index in [1.54, 1.807) is 11.3 Å². The van der Waals surface area contributed by atoms with Crippen LogP contribution in [0.1, 0.15) is 27.0 Å². The van der Waals surface area contributed by atoms with Crippen LogP contribution in [0.25, 0.3) is 0 Å². The Morgan fingerprint density at radius 3 is 2.82 bits per heavy atom. The van der Waals surface area contributed by atoms with Crippen molar-refractivity contribution in [1.29, 1.82) is 0 Å². The number of carbonyl (C=O) groups is 1. The zero-order chi connectivity index (χ0) is 18.9. The molecule has 28 heavy (non-hydrogen) atoms. The molecule has 0 aliphatic carbocycles. The smallest absolute Gasteiger partial charge is 0.289 e. The van der Waals surface area contributed by atoms with Gasteiger partial charge in [0.1, 0.15) is 10.8 Å². The number of benzene rings is 1. The van der Waals surface area contributed by atoms with Gasteiger partial charge in [0.05, 0.1) is 6.54 Å². The molecular formula is C20H22N6OS. The highest BCUT2D eigenvalue weighted by Gasteiger charge is 2.39. The SMILES string of the molecule is O=C(NCc1ccccc1)c1nnc2n1C[C@@H]1CN(Cc3nccs3)C[C@H]1C2. The molecule has 0 unspecified atom stereocenters. The normalized spacial score (nSPS) is 21.3. The third-order valence-corrected chi connectivity index (χ3v) is 6.45. The van der Waals surface area contributed by atoms with Crippen LogP contribution in [0, 0.1) is 11.8 Å². The van der Waals surface area contributed by atoms with Gasteiger partial charge in [0, 0.05) is 44.2 Å². The number of rotatable bonds is 5. The summed E-state index contributed by atoms with van der Waals surface area (Å²) in [5, 5.41) is 14.7. The topological polar surface area (TPSA) is 75.9 Å². The Morgan fingerprint density at radius 2 is 2.00 bits per heavy atom. The number of hydrogen-bond donors (Lipinski definition) is 1. The van der Waals surface area contributed by atoms with Crippen molar-refractivity contribution in [1.82, 2.24) is 30.0 Å². The van der Waals surface area contributed by atoms with E-state index in [0.29, 0.717) is 24.2 Å². The summed E-state index contributed by atoms with van der Waals surface area (Å²) in [6.45, 7) is 4.32. The molecule has 4 heterocycles. The van der Waals surface area contributed by atoms with Crippen molar-refractivity contribution in [3.8, 4) is 0 Å². The van der Waals surface area contributed by atoms with Crippen LogP contribution in [0.2, 0.25) is 0 Å². The van der Waals surface area contributed by atoms with Crippen molar-refractivity contribution in [2.24, 2.45) is 11.8 Å². The van der Waals surface area contributed by atoms with Crippen LogP contribution in [-0.4, -0.2) is 43.6 Å². The number of aromatic nitrogens is 4. The van der Waals surface area contributed by atoms with Gasteiger partial charge in [-0.05, 0) is 17.4 Å². The molecule has 2 aliphatic rings. The Balaban J connectivity index is 1.25. The van der Waals surface area contributed by atoms with Crippen LogP contribution in [0.3, 0.4) is 0 Å². The van der Waals surface area contributed by atoms with Crippen molar-refractivity contribution < 1.29 is 4.79 Å². The lowest BCUT2D eigenvalue weighted by molar-refractivity contribution is 0.0932. The zero-order valence-corrected chi connectivity index (χ0v) is 16.3. The van der Waals surface area contributed by atoms with E-state index in [2.05, 4.69) is 25.4 Å². The van der Waals surface area contributed by atoms with E-state index < -0.39 is 0 Å². The molecular weight excluding hydrogens is 372 g/mol. The monoisotopic (exact) mass is 394 g/mol. The van der Waals surface area contributed by atoms with Crippen LogP contribution in [-0.2, 0) is 26.1 Å². The Morgan fingerprint density at radius 1 is 1.14 bits per heavy atom. The van der Waals surface area contributed by atoms with E-state index in [1.165, 1.54) is 5.01 Å². The fourth-order valence-corrected chi connectivity index (χ4v) is 4.96. The number of thiazole rings is 1. The predicted octanol–water partition coefficient (Wildman–Crippen LogP) is 1.97. The summed E-state index contributed by atoms with van der Waals surface area (Å²) in [5.41, 5.74) is 1.07. The molecule has 0 radical (unpaired) electrons. The van der Waals surface area contributed by atoms with Gasteiger partial charge in [0.2, 0.25) is 5.82 Å². The van der Waals surface area contributed by atoms with Crippen molar-refractivity contribution in [2.45, 2.75) is 26.1 Å². The largest absolute Gasteiger partial charge is 0.345 e. The number of carbonyl (C=O) groups excluding carboxylic acids is 1. The molecule has 1 saturated heterocycles. The van der Waals surface area contributed by atoms with Gasteiger partial charge in [-0.2, -0.15) is 0 Å². The van der Waals surface area contributed by atoms with Gasteiger partial charge < -0.3 is 9.88 Å². The molecule has 2 aromatic heterocycles. The van der Waals surface area contributed by atoms with Crippen LogP contribution in [0.5, 0.6) is 0 Å². The van der Waals surface area contributed by atoms with Gasteiger partial charge in [-0.25, -0.2) is 4.98 Å². The molecule has 0 bridgehead atoms. The van der Waals surface area contributed by atoms with E-state index in [0.717, 1.165) is 44.0 Å². The fraction of sp³-hybridized carbons (Fsp3) is 0.400. The highest BCUT2D eigenvalue weighted by molar-refractivity contribution is 7.09. The molecule has 3 aromatic rings. The Hall–Kier alpha value is -2.58. The van der Waals surface area contributed by atoms with Crippen molar-refractivity contribution in [2.75, 3.05) is 13.1 Å². The molecule has 1 fully saturated rings. The third-order valence-electron chi connectivity index (χ3n) is 5.68. The molecule has 5 rings (SSSR count). The second-order valence-corrected chi connectivity index (χ2v) is 8.54. The molecule has 8 heteroatoms. The maximum atomic E-state index is 12.7. The molecule has 2 atom stereocenters. The quantitative estimate of drug-likeness (QED) is 0.716. The zero-order valence-electron chi connectivity index (χ0n) is 15.5. The number of hydrogen-bond acceptors (Lipinski definition) is 6. The van der Waals surface area contributed by atoms with Gasteiger partial charge in [0.25, 0.3) is 5.91 Å². The summed E-state index contributed by atoms with van der Waals surface area (Å²) in [6.07, 6.45) is 2.75. The minimum atomic E-state index is -0.154. The Bertz CT molecular complexity index is 955. The number of likely N-dealkylation sites (tertiary alicyclic amines) is 1. The number of nitrogens with one attached hydrogen (secondary N) is 1. The Labute approximate surface area is 167 Å². The minimum absolute atomic E-state index is 0.154. The van der Waals surface area contributed by atoms with Crippen LogP contribution >= 0.6 is 11.3 Å². The lowest BCUT2D eigenvalue weighted by Gasteiger charge is -2.25. The second-order valence-electron chi connectivity index (χ2n) is 7.56. The number of nitrogens with zero attached hydrogens (tertiary/aromatic N) is 5. The Kier molecular flexibility index (Phi) is 4.66. The van der Waals surface area contributed by atoms with Crippen LogP contribution in [0.4, 0.5) is 0 Å². The first kappa shape index (κ1) is 17.5. The molecule has 1 aromatic carbocycles.